The molecule has 0 heterocycles. The number of ketones is 1. The van der Waals surface area contributed by atoms with E-state index in [1.807, 2.05) is 0 Å². The fraction of sp³-hybridized carbons (Fsp3) is 0.176. The molecule has 0 saturated heterocycles. The van der Waals surface area contributed by atoms with Gasteiger partial charge in [-0.2, -0.15) is 0 Å². The molecule has 0 atom stereocenters. The predicted molar refractivity (Wildman–Crippen MR) is 97.1 cm³/mol. The molecule has 0 bridgehead atoms. The van der Waals surface area contributed by atoms with Crippen LogP contribution in [0.5, 0.6) is 5.75 Å². The lowest BCUT2D eigenvalue weighted by atomic mass is 10.1. The fourth-order valence-corrected chi connectivity index (χ4v) is 2.87. The molecule has 2 rings (SSSR count). The van der Waals surface area contributed by atoms with Gasteiger partial charge >= 0.3 is 5.97 Å². The number of hydrogen-bond donors (Lipinski definition) is 0. The van der Waals surface area contributed by atoms with Gasteiger partial charge in [-0.3, -0.25) is 19.7 Å². The highest BCUT2D eigenvalue weighted by Crippen LogP contribution is 2.25. The third kappa shape index (κ3) is 5.47. The van der Waals surface area contributed by atoms with Crippen LogP contribution in [0.15, 0.2) is 47.4 Å². The lowest BCUT2D eigenvalue weighted by molar-refractivity contribution is -0.384. The van der Waals surface area contributed by atoms with Crippen LogP contribution in [0.4, 0.5) is 5.69 Å². The molecule has 0 spiro atoms. The minimum absolute atomic E-state index is 0.0194. The standard InChI is InChI=1S/C17H14ClNO6S/c1-24-16-7-2-11(8-14(16)18)15(20)9-25-17(21)10-26-13-5-3-12(4-6-13)19(22)23/h2-8H,9-10H2,1H3. The Morgan fingerprint density at radius 1 is 1.19 bits per heavy atom. The van der Waals surface area contributed by atoms with Crippen LogP contribution in [0.2, 0.25) is 5.02 Å². The second-order valence-corrected chi connectivity index (χ2v) is 6.43. The lowest BCUT2D eigenvalue weighted by Crippen LogP contribution is -2.15. The zero-order valence-electron chi connectivity index (χ0n) is 13.6. The largest absolute Gasteiger partial charge is 0.495 e. The molecule has 2 aromatic carbocycles. The van der Waals surface area contributed by atoms with Crippen LogP contribution in [0.25, 0.3) is 0 Å². The van der Waals surface area contributed by atoms with Crippen molar-refractivity contribution in [1.29, 1.82) is 0 Å². The Balaban J connectivity index is 1.81. The number of non-ortho nitro benzene ring substituents is 1. The monoisotopic (exact) mass is 395 g/mol. The highest BCUT2D eigenvalue weighted by Gasteiger charge is 2.13. The molecule has 0 unspecified atom stereocenters. The molecule has 0 amide bonds. The van der Waals surface area contributed by atoms with E-state index >= 15 is 0 Å². The van der Waals surface area contributed by atoms with Crippen LogP contribution in [0.3, 0.4) is 0 Å². The summed E-state index contributed by atoms with van der Waals surface area (Å²) in [7, 11) is 1.47. The number of benzene rings is 2. The van der Waals surface area contributed by atoms with E-state index in [9.17, 15) is 19.7 Å². The molecule has 2 aromatic rings. The van der Waals surface area contributed by atoms with Gasteiger partial charge in [0.2, 0.25) is 0 Å². The quantitative estimate of drug-likeness (QED) is 0.220. The number of nitro groups is 1. The first-order valence-corrected chi connectivity index (χ1v) is 8.66. The first-order valence-electron chi connectivity index (χ1n) is 7.30. The van der Waals surface area contributed by atoms with Crippen molar-refractivity contribution in [3.8, 4) is 5.75 Å². The number of rotatable bonds is 8. The fourth-order valence-electron chi connectivity index (χ4n) is 1.92. The number of carbonyl (C=O) groups is 2. The summed E-state index contributed by atoms with van der Waals surface area (Å²) >= 11 is 7.11. The third-order valence-corrected chi connectivity index (χ3v) is 4.52. The lowest BCUT2D eigenvalue weighted by Gasteiger charge is -2.07. The second-order valence-electron chi connectivity index (χ2n) is 4.97. The molecular weight excluding hydrogens is 382 g/mol. The highest BCUT2D eigenvalue weighted by atomic mass is 35.5. The number of esters is 1. The summed E-state index contributed by atoms with van der Waals surface area (Å²) in [5, 5.41) is 10.9. The van der Waals surface area contributed by atoms with Crippen molar-refractivity contribution in [3.63, 3.8) is 0 Å². The number of carbonyl (C=O) groups excluding carboxylic acids is 2. The molecule has 0 aromatic heterocycles. The Labute approximate surface area is 158 Å². The number of halogens is 1. The van der Waals surface area contributed by atoms with E-state index in [-0.39, 0.29) is 17.2 Å². The molecule has 9 heteroatoms. The first-order chi connectivity index (χ1) is 12.4. The number of thioether (sulfide) groups is 1. The first kappa shape index (κ1) is 19.7. The van der Waals surface area contributed by atoms with Crippen molar-refractivity contribution in [2.75, 3.05) is 19.5 Å². The number of nitrogens with zero attached hydrogens (tertiary/aromatic N) is 1. The van der Waals surface area contributed by atoms with E-state index in [4.69, 9.17) is 21.1 Å². The molecule has 0 radical (unpaired) electrons. The van der Waals surface area contributed by atoms with Crippen molar-refractivity contribution < 1.29 is 24.0 Å². The van der Waals surface area contributed by atoms with Gasteiger partial charge < -0.3 is 9.47 Å². The predicted octanol–water partition coefficient (Wildman–Crippen LogP) is 3.78. The Morgan fingerprint density at radius 2 is 1.88 bits per heavy atom. The maximum Gasteiger partial charge on any atom is 0.316 e. The summed E-state index contributed by atoms with van der Waals surface area (Å²) in [5.74, 6) is -0.529. The van der Waals surface area contributed by atoms with E-state index in [0.29, 0.717) is 21.2 Å². The van der Waals surface area contributed by atoms with Gasteiger partial charge in [-0.25, -0.2) is 0 Å². The molecular formula is C17H14ClNO6S. The Bertz CT molecular complexity index is 825. The summed E-state index contributed by atoms with van der Waals surface area (Å²) in [5.41, 5.74) is 0.285. The van der Waals surface area contributed by atoms with Crippen molar-refractivity contribution >= 4 is 40.8 Å². The van der Waals surface area contributed by atoms with E-state index in [0.717, 1.165) is 11.8 Å². The van der Waals surface area contributed by atoms with Gasteiger partial charge in [0.15, 0.2) is 12.4 Å². The highest BCUT2D eigenvalue weighted by molar-refractivity contribution is 8.00. The van der Waals surface area contributed by atoms with E-state index in [1.165, 1.54) is 31.4 Å². The van der Waals surface area contributed by atoms with Crippen LogP contribution < -0.4 is 4.74 Å². The molecule has 0 aliphatic heterocycles. The Hall–Kier alpha value is -2.58. The number of hydrogen-bond acceptors (Lipinski definition) is 7. The molecule has 136 valence electrons. The van der Waals surface area contributed by atoms with E-state index < -0.39 is 17.5 Å². The molecule has 0 fully saturated rings. The summed E-state index contributed by atoms with van der Waals surface area (Å²) in [6, 6.07) is 10.3. The minimum Gasteiger partial charge on any atom is -0.495 e. The topological polar surface area (TPSA) is 95.7 Å². The van der Waals surface area contributed by atoms with Crippen LogP contribution in [-0.2, 0) is 9.53 Å². The third-order valence-electron chi connectivity index (χ3n) is 3.24. The molecule has 0 aliphatic carbocycles. The van der Waals surface area contributed by atoms with Gasteiger partial charge in [0.25, 0.3) is 5.69 Å². The zero-order valence-corrected chi connectivity index (χ0v) is 15.2. The number of Topliss-reactive ketones (excluding diaryl/α,β-unsaturated/α-hetero) is 1. The van der Waals surface area contributed by atoms with Crippen molar-refractivity contribution in [3.05, 3.63) is 63.2 Å². The van der Waals surface area contributed by atoms with Gasteiger partial charge in [0.1, 0.15) is 5.75 Å². The zero-order chi connectivity index (χ0) is 19.1. The second kappa shape index (κ2) is 9.21. The van der Waals surface area contributed by atoms with Gasteiger partial charge in [-0.05, 0) is 30.3 Å². The average Bonchev–Trinajstić information content (AvgIpc) is 2.64. The van der Waals surface area contributed by atoms with Crippen LogP contribution >= 0.6 is 23.4 Å². The van der Waals surface area contributed by atoms with E-state index in [1.54, 1.807) is 18.2 Å². The van der Waals surface area contributed by atoms with Gasteiger partial charge in [-0.15, -0.1) is 11.8 Å². The normalized spacial score (nSPS) is 10.2. The molecule has 0 N–H and O–H groups in total. The van der Waals surface area contributed by atoms with Crippen molar-refractivity contribution in [1.82, 2.24) is 0 Å². The average molecular weight is 396 g/mol. The SMILES string of the molecule is COc1ccc(C(=O)COC(=O)CSc2ccc([N+](=O)[O-])cc2)cc1Cl. The smallest absolute Gasteiger partial charge is 0.316 e. The summed E-state index contributed by atoms with van der Waals surface area (Å²) in [6.07, 6.45) is 0. The summed E-state index contributed by atoms with van der Waals surface area (Å²) in [6.45, 7) is -0.400. The van der Waals surface area contributed by atoms with Crippen LogP contribution in [0, 0.1) is 10.1 Å². The molecule has 0 aliphatic rings. The van der Waals surface area contributed by atoms with Crippen molar-refractivity contribution in [2.24, 2.45) is 0 Å². The molecule has 0 saturated carbocycles. The van der Waals surface area contributed by atoms with Gasteiger partial charge in [0.05, 0.1) is 22.8 Å². The maximum atomic E-state index is 12.0. The number of nitro benzene ring substituents is 1. The van der Waals surface area contributed by atoms with Crippen LogP contribution in [-0.4, -0.2) is 36.1 Å². The van der Waals surface area contributed by atoms with Gasteiger partial charge in [0, 0.05) is 22.6 Å². The Morgan fingerprint density at radius 3 is 2.46 bits per heavy atom. The maximum absolute atomic E-state index is 12.0. The molecule has 26 heavy (non-hydrogen) atoms. The van der Waals surface area contributed by atoms with Gasteiger partial charge in [-0.1, -0.05) is 11.6 Å². The summed E-state index contributed by atoms with van der Waals surface area (Å²) < 4.78 is 9.95. The number of methoxy groups -OCH3 is 1. The summed E-state index contributed by atoms with van der Waals surface area (Å²) in [4.78, 5) is 34.5. The Kier molecular flexibility index (Phi) is 6.99. The minimum atomic E-state index is -0.568. The number of ether oxygens (including phenoxy) is 2. The van der Waals surface area contributed by atoms with Crippen molar-refractivity contribution in [2.45, 2.75) is 4.90 Å². The molecule has 7 nitrogen and oxygen atoms in total. The van der Waals surface area contributed by atoms with E-state index in [2.05, 4.69) is 0 Å². The van der Waals surface area contributed by atoms with Crippen LogP contribution in [0.1, 0.15) is 10.4 Å².